The van der Waals surface area contributed by atoms with Crippen molar-refractivity contribution in [2.75, 3.05) is 5.32 Å². The van der Waals surface area contributed by atoms with Gasteiger partial charge in [0.2, 0.25) is 5.91 Å². The Kier molecular flexibility index (Phi) is 5.72. The van der Waals surface area contributed by atoms with Crippen LogP contribution in [0.4, 0.5) is 5.82 Å². The van der Waals surface area contributed by atoms with E-state index in [-0.39, 0.29) is 11.8 Å². The molecule has 4 heteroatoms. The number of benzene rings is 4. The van der Waals surface area contributed by atoms with E-state index >= 15 is 0 Å². The van der Waals surface area contributed by atoms with Crippen LogP contribution in [0.3, 0.4) is 0 Å². The maximum Gasteiger partial charge on any atom is 0.232 e. The van der Waals surface area contributed by atoms with E-state index in [1.165, 1.54) is 0 Å². The minimum absolute atomic E-state index is 0.0822. The van der Waals surface area contributed by atoms with Crippen molar-refractivity contribution in [1.82, 2.24) is 10.2 Å². The molecule has 1 amide bonds. The molecule has 0 radical (unpaired) electrons. The summed E-state index contributed by atoms with van der Waals surface area (Å²) < 4.78 is 0. The second-order valence-electron chi connectivity index (χ2n) is 9.12. The molecule has 0 saturated carbocycles. The van der Waals surface area contributed by atoms with Gasteiger partial charge in [0, 0.05) is 17.5 Å². The zero-order valence-corrected chi connectivity index (χ0v) is 19.3. The zero-order valence-electron chi connectivity index (χ0n) is 19.3. The van der Waals surface area contributed by atoms with Gasteiger partial charge in [0.15, 0.2) is 5.82 Å². The van der Waals surface area contributed by atoms with E-state index < -0.39 is 5.41 Å². The van der Waals surface area contributed by atoms with Gasteiger partial charge in [-0.1, -0.05) is 117 Å². The van der Waals surface area contributed by atoms with Gasteiger partial charge in [-0.15, -0.1) is 0 Å². The van der Waals surface area contributed by atoms with E-state index in [4.69, 9.17) is 0 Å². The highest BCUT2D eigenvalue weighted by molar-refractivity contribution is 5.98. The molecule has 0 aliphatic carbocycles. The minimum atomic E-state index is -0.721. The lowest BCUT2D eigenvalue weighted by Crippen LogP contribution is -2.37. The van der Waals surface area contributed by atoms with Gasteiger partial charge in [-0.05, 0) is 21.9 Å². The first-order valence-corrected chi connectivity index (χ1v) is 11.5. The highest BCUT2D eigenvalue weighted by atomic mass is 16.2. The van der Waals surface area contributed by atoms with Crippen LogP contribution in [0.1, 0.15) is 30.9 Å². The van der Waals surface area contributed by atoms with Crippen molar-refractivity contribution < 1.29 is 4.79 Å². The Hall–Kier alpha value is -4.18. The number of H-pyrrole nitrogens is 1. The monoisotopic (exact) mass is 445 g/mol. The molecule has 0 spiro atoms. The number of aromatic nitrogens is 2. The molecule has 34 heavy (non-hydrogen) atoms. The van der Waals surface area contributed by atoms with Crippen LogP contribution in [0.15, 0.2) is 109 Å². The average Bonchev–Trinajstić information content (AvgIpc) is 3.33. The van der Waals surface area contributed by atoms with Crippen LogP contribution in [0.2, 0.25) is 0 Å². The standard InChI is InChI=1S/C30H27N3O/c1-30(2,28(22-13-5-3-6-14-22)23-15-7-4-8-16-23)29(34)31-27-20-26(32-33-27)25-19-11-17-21-12-9-10-18-24(21)25/h3-20,28H,1-2H3,(H2,31,32,33,34). The first-order chi connectivity index (χ1) is 16.5. The van der Waals surface area contributed by atoms with Crippen LogP contribution in [-0.2, 0) is 4.79 Å². The number of fused-ring (bicyclic) bond motifs is 1. The molecular weight excluding hydrogens is 418 g/mol. The molecule has 1 heterocycles. The normalized spacial score (nSPS) is 11.6. The Morgan fingerprint density at radius 2 is 1.38 bits per heavy atom. The van der Waals surface area contributed by atoms with Gasteiger partial charge in [-0.3, -0.25) is 9.89 Å². The molecule has 0 aliphatic heterocycles. The number of anilines is 1. The largest absolute Gasteiger partial charge is 0.309 e. The number of nitrogens with one attached hydrogen (secondary N) is 2. The predicted molar refractivity (Wildman–Crippen MR) is 139 cm³/mol. The fourth-order valence-electron chi connectivity index (χ4n) is 4.71. The summed E-state index contributed by atoms with van der Waals surface area (Å²) >= 11 is 0. The molecule has 0 aliphatic rings. The van der Waals surface area contributed by atoms with Crippen LogP contribution in [0.5, 0.6) is 0 Å². The topological polar surface area (TPSA) is 57.8 Å². The molecule has 0 fully saturated rings. The number of nitrogens with zero attached hydrogens (tertiary/aromatic N) is 1. The van der Waals surface area contributed by atoms with E-state index in [0.29, 0.717) is 5.82 Å². The molecule has 0 saturated heterocycles. The summed E-state index contributed by atoms with van der Waals surface area (Å²) in [4.78, 5) is 13.6. The average molecular weight is 446 g/mol. The van der Waals surface area contributed by atoms with Crippen molar-refractivity contribution in [2.24, 2.45) is 5.41 Å². The second-order valence-corrected chi connectivity index (χ2v) is 9.12. The summed E-state index contributed by atoms with van der Waals surface area (Å²) in [6.45, 7) is 3.98. The quantitative estimate of drug-likeness (QED) is 0.295. The smallest absolute Gasteiger partial charge is 0.232 e. The van der Waals surface area contributed by atoms with Gasteiger partial charge >= 0.3 is 0 Å². The van der Waals surface area contributed by atoms with Gasteiger partial charge in [0.05, 0.1) is 11.1 Å². The Morgan fingerprint density at radius 3 is 2.06 bits per heavy atom. The highest BCUT2D eigenvalue weighted by Crippen LogP contribution is 2.41. The number of hydrogen-bond acceptors (Lipinski definition) is 2. The molecule has 168 valence electrons. The Balaban J connectivity index is 1.45. The molecule has 5 rings (SSSR count). The maximum absolute atomic E-state index is 13.6. The number of aromatic amines is 1. The molecule has 4 nitrogen and oxygen atoms in total. The highest BCUT2D eigenvalue weighted by Gasteiger charge is 2.39. The van der Waals surface area contributed by atoms with Crippen molar-refractivity contribution in [3.8, 4) is 11.3 Å². The number of hydrogen-bond donors (Lipinski definition) is 2. The van der Waals surface area contributed by atoms with E-state index in [2.05, 4.69) is 64.0 Å². The first-order valence-electron chi connectivity index (χ1n) is 11.5. The molecule has 2 N–H and O–H groups in total. The molecular formula is C30H27N3O. The number of carbonyl (C=O) groups is 1. The van der Waals surface area contributed by atoms with Crippen LogP contribution in [0.25, 0.3) is 22.0 Å². The van der Waals surface area contributed by atoms with Crippen molar-refractivity contribution in [2.45, 2.75) is 19.8 Å². The molecule has 1 aromatic heterocycles. The molecule has 0 bridgehead atoms. The molecule has 0 atom stereocenters. The van der Waals surface area contributed by atoms with Gasteiger partial charge < -0.3 is 5.32 Å². The van der Waals surface area contributed by atoms with Gasteiger partial charge in [0.1, 0.15) is 0 Å². The molecule has 5 aromatic rings. The van der Waals surface area contributed by atoms with E-state index in [1.54, 1.807) is 0 Å². The third-order valence-electron chi connectivity index (χ3n) is 6.47. The van der Waals surface area contributed by atoms with Gasteiger partial charge in [-0.25, -0.2) is 0 Å². The lowest BCUT2D eigenvalue weighted by atomic mass is 9.70. The Bertz CT molecular complexity index is 1380. The summed E-state index contributed by atoms with van der Waals surface area (Å²) in [6, 6.07) is 36.7. The summed E-state index contributed by atoms with van der Waals surface area (Å²) in [5.74, 6) is 0.327. The SMILES string of the molecule is CC(C)(C(=O)Nc1cc(-c2cccc3ccccc23)[nH]n1)C(c1ccccc1)c1ccccc1. The van der Waals surface area contributed by atoms with E-state index in [9.17, 15) is 4.79 Å². The molecule has 4 aromatic carbocycles. The van der Waals surface area contributed by atoms with Crippen molar-refractivity contribution in [3.05, 3.63) is 120 Å². The van der Waals surface area contributed by atoms with Crippen LogP contribution in [-0.4, -0.2) is 16.1 Å². The third-order valence-corrected chi connectivity index (χ3v) is 6.47. The second kappa shape index (κ2) is 8.99. The molecule has 0 unspecified atom stereocenters. The fraction of sp³-hybridized carbons (Fsp3) is 0.133. The summed E-state index contributed by atoms with van der Waals surface area (Å²) in [5.41, 5.74) is 3.41. The number of rotatable bonds is 6. The lowest BCUT2D eigenvalue weighted by molar-refractivity contribution is -0.124. The zero-order chi connectivity index (χ0) is 23.5. The Morgan fingerprint density at radius 1 is 0.794 bits per heavy atom. The predicted octanol–water partition coefficient (Wildman–Crippen LogP) is 7.03. The van der Waals surface area contributed by atoms with Crippen molar-refractivity contribution >= 4 is 22.5 Å². The summed E-state index contributed by atoms with van der Waals surface area (Å²) in [5, 5.41) is 12.9. The van der Waals surface area contributed by atoms with Gasteiger partial charge in [-0.2, -0.15) is 5.10 Å². The maximum atomic E-state index is 13.6. The fourth-order valence-corrected chi connectivity index (χ4v) is 4.71. The first kappa shape index (κ1) is 21.7. The van der Waals surface area contributed by atoms with Crippen LogP contribution >= 0.6 is 0 Å². The van der Waals surface area contributed by atoms with E-state index in [1.807, 2.05) is 74.5 Å². The third kappa shape index (κ3) is 4.11. The number of carbonyl (C=O) groups excluding carboxylic acids is 1. The van der Waals surface area contributed by atoms with Crippen molar-refractivity contribution in [3.63, 3.8) is 0 Å². The minimum Gasteiger partial charge on any atom is -0.309 e. The van der Waals surface area contributed by atoms with E-state index in [0.717, 1.165) is 33.2 Å². The van der Waals surface area contributed by atoms with Crippen molar-refractivity contribution in [1.29, 1.82) is 0 Å². The summed E-state index contributed by atoms with van der Waals surface area (Å²) in [6.07, 6.45) is 0. The lowest BCUT2D eigenvalue weighted by Gasteiger charge is -2.33. The Labute approximate surface area is 199 Å². The van der Waals surface area contributed by atoms with Gasteiger partial charge in [0.25, 0.3) is 0 Å². The van der Waals surface area contributed by atoms with Crippen LogP contribution in [0, 0.1) is 5.41 Å². The summed E-state index contributed by atoms with van der Waals surface area (Å²) in [7, 11) is 0. The van der Waals surface area contributed by atoms with Crippen LogP contribution < -0.4 is 5.32 Å². The number of amides is 1.